The van der Waals surface area contributed by atoms with Crippen LogP contribution in [0.5, 0.6) is 0 Å². The normalized spacial score (nSPS) is 11.9. The summed E-state index contributed by atoms with van der Waals surface area (Å²) in [5.74, 6) is -0.384. The van der Waals surface area contributed by atoms with Crippen LogP contribution in [0.2, 0.25) is 0 Å². The summed E-state index contributed by atoms with van der Waals surface area (Å²) in [6, 6.07) is 6.49. The van der Waals surface area contributed by atoms with E-state index in [0.717, 1.165) is 5.56 Å². The first-order valence-electron chi connectivity index (χ1n) is 4.30. The smallest absolute Gasteiger partial charge is 0.409 e. The summed E-state index contributed by atoms with van der Waals surface area (Å²) in [7, 11) is 0. The Morgan fingerprint density at radius 3 is 2.27 bits per heavy atom. The topological polar surface area (TPSA) is 66.4 Å². The maximum Gasteiger partial charge on any atom is 0.409 e. The maximum absolute atomic E-state index is 10.9. The lowest BCUT2D eigenvalue weighted by Crippen LogP contribution is -2.07. The van der Waals surface area contributed by atoms with E-state index in [1.165, 1.54) is 0 Å². The molecule has 2 N–H and O–H groups in total. The standard InChI is InChI=1S/C10H10ClNO3/c1-6(9(11)13)7-2-4-8(5-3-7)12-10(14)15/h2-6,12H,1H3,(H,14,15)/t6-/m0/s1. The van der Waals surface area contributed by atoms with Crippen molar-refractivity contribution in [2.24, 2.45) is 0 Å². The van der Waals surface area contributed by atoms with E-state index in [-0.39, 0.29) is 5.92 Å². The Morgan fingerprint density at radius 1 is 1.33 bits per heavy atom. The van der Waals surface area contributed by atoms with E-state index in [1.54, 1.807) is 31.2 Å². The lowest BCUT2D eigenvalue weighted by molar-refractivity contribution is -0.112. The first-order valence-corrected chi connectivity index (χ1v) is 4.67. The molecule has 0 fully saturated rings. The summed E-state index contributed by atoms with van der Waals surface area (Å²) >= 11 is 5.34. The van der Waals surface area contributed by atoms with Crippen LogP contribution in [0.25, 0.3) is 0 Å². The number of halogens is 1. The zero-order chi connectivity index (χ0) is 11.4. The fourth-order valence-corrected chi connectivity index (χ4v) is 1.24. The van der Waals surface area contributed by atoms with Crippen molar-refractivity contribution in [2.75, 3.05) is 5.32 Å². The Labute approximate surface area is 91.9 Å². The molecule has 1 aromatic rings. The van der Waals surface area contributed by atoms with Crippen molar-refractivity contribution in [3.05, 3.63) is 29.8 Å². The number of hydrogen-bond acceptors (Lipinski definition) is 2. The molecular formula is C10H10ClNO3. The minimum absolute atomic E-state index is 0.384. The van der Waals surface area contributed by atoms with Gasteiger partial charge in [0, 0.05) is 5.69 Å². The van der Waals surface area contributed by atoms with E-state index in [0.29, 0.717) is 5.69 Å². The van der Waals surface area contributed by atoms with Gasteiger partial charge in [0.25, 0.3) is 0 Å². The summed E-state index contributed by atoms with van der Waals surface area (Å²) in [6.45, 7) is 1.69. The van der Waals surface area contributed by atoms with Gasteiger partial charge < -0.3 is 5.11 Å². The lowest BCUT2D eigenvalue weighted by atomic mass is 10.0. The summed E-state index contributed by atoms with van der Waals surface area (Å²) in [4.78, 5) is 21.2. The highest BCUT2D eigenvalue weighted by atomic mass is 35.5. The largest absolute Gasteiger partial charge is 0.465 e. The van der Waals surface area contributed by atoms with Crippen molar-refractivity contribution in [1.82, 2.24) is 0 Å². The predicted octanol–water partition coefficient (Wildman–Crippen LogP) is 2.65. The van der Waals surface area contributed by atoms with E-state index in [1.807, 2.05) is 0 Å². The highest BCUT2D eigenvalue weighted by molar-refractivity contribution is 6.64. The number of rotatable bonds is 3. The van der Waals surface area contributed by atoms with Gasteiger partial charge in [0.05, 0.1) is 5.92 Å². The number of carbonyl (C=O) groups excluding carboxylic acids is 1. The van der Waals surface area contributed by atoms with E-state index < -0.39 is 11.3 Å². The molecule has 0 saturated heterocycles. The van der Waals surface area contributed by atoms with Gasteiger partial charge in [-0.2, -0.15) is 0 Å². The molecule has 0 bridgehead atoms. The monoisotopic (exact) mass is 227 g/mol. The Kier molecular flexibility index (Phi) is 3.68. The quantitative estimate of drug-likeness (QED) is 0.780. The van der Waals surface area contributed by atoms with Crippen LogP contribution in [0.3, 0.4) is 0 Å². The zero-order valence-electron chi connectivity index (χ0n) is 8.03. The Morgan fingerprint density at radius 2 is 1.87 bits per heavy atom. The average molecular weight is 228 g/mol. The third-order valence-electron chi connectivity index (χ3n) is 2.00. The molecule has 0 radical (unpaired) electrons. The zero-order valence-corrected chi connectivity index (χ0v) is 8.78. The SMILES string of the molecule is C[C@H](C(=O)Cl)c1ccc(NC(=O)O)cc1. The molecule has 0 aliphatic heterocycles. The fraction of sp³-hybridized carbons (Fsp3) is 0.200. The van der Waals surface area contributed by atoms with E-state index in [4.69, 9.17) is 16.7 Å². The molecule has 1 rings (SSSR count). The molecule has 5 heteroatoms. The summed E-state index contributed by atoms with van der Waals surface area (Å²) in [6.07, 6.45) is -1.12. The Balaban J connectivity index is 2.80. The number of anilines is 1. The summed E-state index contributed by atoms with van der Waals surface area (Å²) in [5, 5.41) is 10.2. The van der Waals surface area contributed by atoms with Crippen LogP contribution in [-0.2, 0) is 4.79 Å². The van der Waals surface area contributed by atoms with E-state index >= 15 is 0 Å². The highest BCUT2D eigenvalue weighted by Gasteiger charge is 2.12. The molecule has 0 saturated carbocycles. The molecule has 15 heavy (non-hydrogen) atoms. The first kappa shape index (κ1) is 11.5. The van der Waals surface area contributed by atoms with Crippen molar-refractivity contribution in [3.63, 3.8) is 0 Å². The van der Waals surface area contributed by atoms with Crippen molar-refractivity contribution in [1.29, 1.82) is 0 Å². The van der Waals surface area contributed by atoms with E-state index in [2.05, 4.69) is 5.32 Å². The minimum Gasteiger partial charge on any atom is -0.465 e. The second-order valence-corrected chi connectivity index (χ2v) is 3.45. The number of hydrogen-bond donors (Lipinski definition) is 2. The van der Waals surface area contributed by atoms with Crippen LogP contribution in [0, 0.1) is 0 Å². The van der Waals surface area contributed by atoms with Gasteiger partial charge in [-0.15, -0.1) is 0 Å². The molecule has 4 nitrogen and oxygen atoms in total. The van der Waals surface area contributed by atoms with Gasteiger partial charge in [0.2, 0.25) is 5.24 Å². The van der Waals surface area contributed by atoms with Gasteiger partial charge in [-0.3, -0.25) is 10.1 Å². The van der Waals surface area contributed by atoms with Crippen LogP contribution in [0.4, 0.5) is 10.5 Å². The van der Waals surface area contributed by atoms with Gasteiger partial charge in [-0.25, -0.2) is 4.79 Å². The molecule has 0 unspecified atom stereocenters. The predicted molar refractivity (Wildman–Crippen MR) is 57.4 cm³/mol. The first-order chi connectivity index (χ1) is 7.00. The maximum atomic E-state index is 10.9. The molecule has 1 amide bonds. The van der Waals surface area contributed by atoms with Crippen LogP contribution >= 0.6 is 11.6 Å². The fourth-order valence-electron chi connectivity index (χ4n) is 1.11. The van der Waals surface area contributed by atoms with Gasteiger partial charge >= 0.3 is 6.09 Å². The van der Waals surface area contributed by atoms with Crippen LogP contribution < -0.4 is 5.32 Å². The van der Waals surface area contributed by atoms with Crippen LogP contribution in [-0.4, -0.2) is 16.4 Å². The van der Waals surface area contributed by atoms with Crippen LogP contribution in [0.15, 0.2) is 24.3 Å². The minimum atomic E-state index is -1.12. The summed E-state index contributed by atoms with van der Waals surface area (Å²) in [5.41, 5.74) is 1.21. The number of carbonyl (C=O) groups is 2. The number of benzene rings is 1. The number of nitrogens with one attached hydrogen (secondary N) is 1. The highest BCUT2D eigenvalue weighted by Crippen LogP contribution is 2.19. The molecule has 0 aliphatic carbocycles. The number of amides is 1. The van der Waals surface area contributed by atoms with Gasteiger partial charge in [-0.05, 0) is 29.3 Å². The van der Waals surface area contributed by atoms with Crippen molar-refractivity contribution >= 4 is 28.6 Å². The average Bonchev–Trinajstić information content (AvgIpc) is 2.17. The molecular weight excluding hydrogens is 218 g/mol. The molecule has 1 atom stereocenters. The lowest BCUT2D eigenvalue weighted by Gasteiger charge is -2.07. The van der Waals surface area contributed by atoms with Gasteiger partial charge in [0.1, 0.15) is 0 Å². The van der Waals surface area contributed by atoms with Crippen molar-refractivity contribution < 1.29 is 14.7 Å². The summed E-state index contributed by atoms with van der Waals surface area (Å²) < 4.78 is 0. The third kappa shape index (κ3) is 3.25. The second kappa shape index (κ2) is 4.79. The molecule has 0 aliphatic rings. The van der Waals surface area contributed by atoms with Crippen molar-refractivity contribution in [2.45, 2.75) is 12.8 Å². The number of carboxylic acid groups (broad SMARTS) is 1. The molecule has 0 heterocycles. The second-order valence-electron chi connectivity index (χ2n) is 3.08. The van der Waals surface area contributed by atoms with E-state index in [9.17, 15) is 9.59 Å². The van der Waals surface area contributed by atoms with Gasteiger partial charge in [0.15, 0.2) is 0 Å². The molecule has 80 valence electrons. The van der Waals surface area contributed by atoms with Gasteiger partial charge in [-0.1, -0.05) is 19.1 Å². The van der Waals surface area contributed by atoms with Crippen LogP contribution in [0.1, 0.15) is 18.4 Å². The van der Waals surface area contributed by atoms with Crippen molar-refractivity contribution in [3.8, 4) is 0 Å². The molecule has 0 spiro atoms. The molecule has 1 aromatic carbocycles. The Hall–Kier alpha value is -1.55. The molecule has 0 aromatic heterocycles. The third-order valence-corrected chi connectivity index (χ3v) is 2.33. The Bertz CT molecular complexity index is 375.